The minimum absolute atomic E-state index is 0.903. The Kier molecular flexibility index (Phi) is 22.4. The standard InChI is InChI=1S/C37H20F51NO5Si/c38-14(39,17(44,45)20(50,51)23(56,57)26(62,63)29(68,69)32(74,75)35(80,81)82)3-7-95(10-6-93-13(92)94-89-11(90)1-2-12(89)91,8-4-15(40,41)18(46,47)21(52,53)24(58,59)27(64,65)30(70,71)33(76,77)36(83,84)85)9-5-16(42,43)19(48,49)22(54,55)25(60,61)28(66,67)31(72,73)34(78,79)37(86,87)88/h1-10H2. The van der Waals surface area contributed by atoms with E-state index in [1.165, 1.54) is 0 Å². The van der Waals surface area contributed by atoms with Crippen LogP contribution in [-0.4, -0.2) is 181 Å². The van der Waals surface area contributed by atoms with Gasteiger partial charge in [-0.15, -0.1) is 0 Å². The molecule has 0 saturated carbocycles. The Hall–Kier alpha value is -4.94. The van der Waals surface area contributed by atoms with Crippen molar-refractivity contribution in [2.75, 3.05) is 6.61 Å². The van der Waals surface area contributed by atoms with Crippen molar-refractivity contribution in [1.29, 1.82) is 0 Å². The lowest BCUT2D eigenvalue weighted by Crippen LogP contribution is -2.74. The third-order valence-corrected chi connectivity index (χ3v) is 18.5. The second-order valence-electron chi connectivity index (χ2n) is 19.5. The summed E-state index contributed by atoms with van der Waals surface area (Å²) in [6, 6.07) is -15.2. The van der Waals surface area contributed by atoms with Gasteiger partial charge in [0.1, 0.15) is 0 Å². The molecule has 0 radical (unpaired) electrons. The number of halogens is 51. The Morgan fingerprint density at radius 1 is 0.274 bits per heavy atom. The molecule has 0 spiro atoms. The molecule has 6 nitrogen and oxygen atoms in total. The predicted molar refractivity (Wildman–Crippen MR) is 194 cm³/mol. The lowest BCUT2D eigenvalue weighted by molar-refractivity contribution is -0.461. The number of hydrogen-bond acceptors (Lipinski definition) is 5. The van der Waals surface area contributed by atoms with Crippen LogP contribution in [0.3, 0.4) is 0 Å². The molecule has 564 valence electrons. The van der Waals surface area contributed by atoms with Crippen LogP contribution < -0.4 is 0 Å². The smallest absolute Gasteiger partial charge is 0.433 e. The fraction of sp³-hybridized carbons (Fsp3) is 0.919. The average molecular weight is 1560 g/mol. The van der Waals surface area contributed by atoms with Crippen LogP contribution in [0, 0.1) is 0 Å². The van der Waals surface area contributed by atoms with E-state index < -0.39 is 237 Å². The number of carbonyl (C=O) groups excluding carboxylic acids is 3. The number of carbonyl (C=O) groups is 3. The minimum Gasteiger partial charge on any atom is -0.433 e. The van der Waals surface area contributed by atoms with Gasteiger partial charge in [0.2, 0.25) is 0 Å². The molecule has 1 fully saturated rings. The zero-order valence-corrected chi connectivity index (χ0v) is 43.8. The molecular formula is C37H20F51NO5Si. The Morgan fingerprint density at radius 2 is 0.442 bits per heavy atom. The summed E-state index contributed by atoms with van der Waals surface area (Å²) in [6.45, 7) is -2.97. The first-order chi connectivity index (χ1) is 40.7. The second-order valence-corrected chi connectivity index (χ2v) is 24.5. The van der Waals surface area contributed by atoms with Crippen LogP contribution in [0.1, 0.15) is 32.1 Å². The molecule has 0 N–H and O–H groups in total. The van der Waals surface area contributed by atoms with Crippen LogP contribution >= 0.6 is 0 Å². The molecule has 0 atom stereocenters. The lowest BCUT2D eigenvalue weighted by Gasteiger charge is -2.44. The normalized spacial score (nSPS) is 17.3. The summed E-state index contributed by atoms with van der Waals surface area (Å²) in [6.07, 6.45) is -45.1. The van der Waals surface area contributed by atoms with Gasteiger partial charge >= 0.3 is 149 Å². The van der Waals surface area contributed by atoms with Crippen molar-refractivity contribution in [2.45, 2.75) is 199 Å². The van der Waals surface area contributed by atoms with Gasteiger partial charge in [0.15, 0.2) is 0 Å². The molecule has 58 heteroatoms. The number of ether oxygens (including phenoxy) is 1. The van der Waals surface area contributed by atoms with E-state index in [9.17, 15) is 186 Å². The first-order valence-electron chi connectivity index (χ1n) is 22.5. The number of nitrogens with zero attached hydrogens (tertiary/aromatic N) is 1. The molecule has 1 rings (SSSR count). The van der Waals surface area contributed by atoms with E-state index >= 15 is 52.7 Å². The van der Waals surface area contributed by atoms with Crippen molar-refractivity contribution in [2.24, 2.45) is 0 Å². The van der Waals surface area contributed by atoms with E-state index in [0.29, 0.717) is 0 Å². The molecule has 0 aromatic rings. The van der Waals surface area contributed by atoms with Crippen LogP contribution in [0.4, 0.5) is 229 Å². The molecule has 0 aromatic heterocycles. The molecule has 95 heavy (non-hydrogen) atoms. The Balaban J connectivity index is 4.73. The van der Waals surface area contributed by atoms with Gasteiger partial charge in [-0.1, -0.05) is 23.2 Å². The van der Waals surface area contributed by atoms with Crippen LogP contribution in [0.15, 0.2) is 0 Å². The number of rotatable bonds is 31. The van der Waals surface area contributed by atoms with E-state index in [1.807, 2.05) is 0 Å². The number of imide groups is 1. The Morgan fingerprint density at radius 3 is 0.621 bits per heavy atom. The van der Waals surface area contributed by atoms with Gasteiger partial charge in [-0.2, -0.15) is 224 Å². The topological polar surface area (TPSA) is 72.9 Å². The van der Waals surface area contributed by atoms with Crippen LogP contribution in [-0.2, 0) is 19.2 Å². The van der Waals surface area contributed by atoms with Crippen LogP contribution in [0.5, 0.6) is 0 Å². The quantitative estimate of drug-likeness (QED) is 0.0299. The molecule has 2 amide bonds. The molecule has 1 aliphatic heterocycles. The zero-order valence-electron chi connectivity index (χ0n) is 42.8. The number of hydrogen-bond donors (Lipinski definition) is 0. The fourth-order valence-electron chi connectivity index (χ4n) is 7.19. The van der Waals surface area contributed by atoms with Crippen molar-refractivity contribution >= 4 is 26.0 Å². The van der Waals surface area contributed by atoms with Gasteiger partial charge in [-0.25, -0.2) is 4.79 Å². The van der Waals surface area contributed by atoms with Crippen molar-refractivity contribution < 1.29 is 248 Å². The summed E-state index contributed by atoms with van der Waals surface area (Å²) < 4.78 is 721. The Labute approximate surface area is 485 Å². The molecule has 1 saturated heterocycles. The zero-order chi connectivity index (χ0) is 77.3. The molecule has 0 bridgehead atoms. The predicted octanol–water partition coefficient (Wildman–Crippen LogP) is 18.9. The van der Waals surface area contributed by atoms with E-state index in [1.54, 1.807) is 0 Å². The highest BCUT2D eigenvalue weighted by Crippen LogP contribution is 2.69. The van der Waals surface area contributed by atoms with Gasteiger partial charge in [0, 0.05) is 32.1 Å². The van der Waals surface area contributed by atoms with Gasteiger partial charge in [0.25, 0.3) is 11.8 Å². The first-order valence-corrected chi connectivity index (χ1v) is 25.3. The maximum Gasteiger partial charge on any atom is 0.533 e. The number of amides is 2. The van der Waals surface area contributed by atoms with E-state index in [4.69, 9.17) is 0 Å². The summed E-state index contributed by atoms with van der Waals surface area (Å²) in [4.78, 5) is 39.3. The lowest BCUT2D eigenvalue weighted by atomic mass is 9.88. The van der Waals surface area contributed by atoms with Crippen molar-refractivity contribution in [3.05, 3.63) is 0 Å². The van der Waals surface area contributed by atoms with Crippen molar-refractivity contribution in [1.82, 2.24) is 5.06 Å². The van der Waals surface area contributed by atoms with Gasteiger partial charge in [0.05, 0.1) is 14.7 Å². The molecular weight excluding hydrogens is 1540 g/mol. The average Bonchev–Trinajstić information content (AvgIpc) is 0.791. The highest BCUT2D eigenvalue weighted by molar-refractivity contribution is 6.80. The highest BCUT2D eigenvalue weighted by Gasteiger charge is 2.99. The number of alkyl halides is 51. The van der Waals surface area contributed by atoms with Gasteiger partial charge < -0.3 is 4.74 Å². The summed E-state index contributed by atoms with van der Waals surface area (Å²) in [5.41, 5.74) is 0. The monoisotopic (exact) mass is 1560 g/mol. The van der Waals surface area contributed by atoms with Crippen LogP contribution in [0.25, 0.3) is 0 Å². The van der Waals surface area contributed by atoms with E-state index in [0.717, 1.165) is 0 Å². The maximum atomic E-state index is 15.4. The number of hydroxylamine groups is 2. The summed E-state index contributed by atoms with van der Waals surface area (Å²) >= 11 is 0. The molecule has 0 unspecified atom stereocenters. The largest absolute Gasteiger partial charge is 0.533 e. The summed E-state index contributed by atoms with van der Waals surface area (Å²) in [5.74, 6) is -200. The molecule has 1 aliphatic rings. The second kappa shape index (κ2) is 24.2. The van der Waals surface area contributed by atoms with Crippen LogP contribution in [0.2, 0.25) is 24.2 Å². The molecule has 1 heterocycles. The summed E-state index contributed by atoms with van der Waals surface area (Å²) in [5, 5.41) is -0.903. The molecule has 0 aliphatic carbocycles. The van der Waals surface area contributed by atoms with E-state index in [-0.39, 0.29) is 0 Å². The maximum absolute atomic E-state index is 15.4. The van der Waals surface area contributed by atoms with Gasteiger partial charge in [-0.3, -0.25) is 14.4 Å². The van der Waals surface area contributed by atoms with Crippen molar-refractivity contribution in [3.63, 3.8) is 0 Å². The highest BCUT2D eigenvalue weighted by atomic mass is 28.3. The van der Waals surface area contributed by atoms with Gasteiger partial charge in [-0.05, 0) is 6.04 Å². The Bertz CT molecular complexity index is 2490. The summed E-state index contributed by atoms with van der Waals surface area (Å²) in [7, 11) is -7.85. The fourth-order valence-corrected chi connectivity index (χ4v) is 11.8. The van der Waals surface area contributed by atoms with E-state index in [2.05, 4.69) is 9.57 Å². The third-order valence-electron chi connectivity index (χ3n) is 13.3. The molecule has 0 aromatic carbocycles. The first kappa shape index (κ1) is 88.1. The third kappa shape index (κ3) is 12.9. The SMILES string of the molecule is O=C(OCC[Si](CCC(F)(F)C(F)(F)C(F)(F)C(F)(F)C(F)(F)C(F)(F)C(F)(F)C(F)(F)F)(CCC(F)(F)C(F)(F)C(F)(F)C(F)(F)C(F)(F)C(F)(F)C(F)(F)C(F)(F)F)CCC(F)(F)C(F)(F)C(F)(F)C(F)(F)C(F)(F)C(F)(F)C(F)(F)C(F)(F)F)ON1C(=O)CCC1=O. The minimum atomic E-state index is -9.78. The van der Waals surface area contributed by atoms with Crippen molar-refractivity contribution in [3.8, 4) is 0 Å².